The first-order valence-corrected chi connectivity index (χ1v) is 8.62. The van der Waals surface area contributed by atoms with Gasteiger partial charge in [0.05, 0.1) is 6.21 Å². The number of hydrogen-bond donors (Lipinski definition) is 3. The van der Waals surface area contributed by atoms with Gasteiger partial charge < -0.3 is 16.7 Å². The normalized spacial score (nSPS) is 19.7. The lowest BCUT2D eigenvalue weighted by atomic mass is 9.68. The fourth-order valence-electron chi connectivity index (χ4n) is 3.77. The van der Waals surface area contributed by atoms with Crippen LogP contribution in [-0.4, -0.2) is 52.9 Å². The number of hydrogen-bond acceptors (Lipinski definition) is 7. The number of carbonyl (C=O) groups is 3. The molecule has 1 aromatic rings. The number of aldehydes is 1. The summed E-state index contributed by atoms with van der Waals surface area (Å²) in [5, 5.41) is 13.4. The summed E-state index contributed by atoms with van der Waals surface area (Å²) in [6.45, 7) is 4.86. The van der Waals surface area contributed by atoms with Crippen LogP contribution in [0.4, 0.5) is 0 Å². The van der Waals surface area contributed by atoms with E-state index in [0.29, 0.717) is 24.2 Å². The number of hydrazone groups is 1. The van der Waals surface area contributed by atoms with Crippen molar-refractivity contribution in [3.05, 3.63) is 48.0 Å². The van der Waals surface area contributed by atoms with E-state index in [9.17, 15) is 19.5 Å². The van der Waals surface area contributed by atoms with Crippen molar-refractivity contribution < 1.29 is 19.5 Å². The lowest BCUT2D eigenvalue weighted by Gasteiger charge is -2.51. The van der Waals surface area contributed by atoms with Gasteiger partial charge in [-0.3, -0.25) is 14.5 Å². The summed E-state index contributed by atoms with van der Waals surface area (Å²) >= 11 is 0. The SMILES string of the molecule is C=CC(c1ccc(C=NN)cc1)(N1CCCCC1)C(N)(C(=O)O)C(=O)C=O. The maximum atomic E-state index is 12.5. The first-order chi connectivity index (χ1) is 12.9. The van der Waals surface area contributed by atoms with Gasteiger partial charge in [-0.15, -0.1) is 6.58 Å². The predicted molar refractivity (Wildman–Crippen MR) is 101 cm³/mol. The van der Waals surface area contributed by atoms with E-state index in [-0.39, 0.29) is 6.29 Å². The van der Waals surface area contributed by atoms with Crippen LogP contribution in [0.3, 0.4) is 0 Å². The van der Waals surface area contributed by atoms with Crippen molar-refractivity contribution in [3.63, 3.8) is 0 Å². The Bertz CT molecular complexity index is 755. The highest BCUT2D eigenvalue weighted by Gasteiger charge is 2.61. The molecule has 144 valence electrons. The minimum atomic E-state index is -2.52. The van der Waals surface area contributed by atoms with Gasteiger partial charge in [-0.2, -0.15) is 5.10 Å². The standard InChI is InChI=1S/C19H24N4O4/c1-2-18(23-10-4-3-5-11-23,19(20,17(26)27)16(25)13-24)15-8-6-14(7-9-15)12-22-21/h2,6-9,12-13H,1,3-5,10-11,20-21H2,(H,26,27). The lowest BCUT2D eigenvalue weighted by Crippen LogP contribution is -2.73. The van der Waals surface area contributed by atoms with Gasteiger partial charge in [0.2, 0.25) is 11.3 Å². The van der Waals surface area contributed by atoms with Crippen molar-refractivity contribution in [2.45, 2.75) is 30.3 Å². The van der Waals surface area contributed by atoms with E-state index in [0.717, 1.165) is 19.3 Å². The molecular weight excluding hydrogens is 348 g/mol. The first kappa shape index (κ1) is 20.5. The van der Waals surface area contributed by atoms with Crippen LogP contribution in [0.5, 0.6) is 0 Å². The molecule has 1 saturated heterocycles. The molecule has 8 heteroatoms. The highest BCUT2D eigenvalue weighted by molar-refractivity contribution is 6.36. The molecule has 0 spiro atoms. The lowest BCUT2D eigenvalue weighted by molar-refractivity contribution is -0.157. The smallest absolute Gasteiger partial charge is 0.334 e. The molecule has 0 saturated carbocycles. The molecule has 8 nitrogen and oxygen atoms in total. The molecule has 0 aromatic heterocycles. The summed E-state index contributed by atoms with van der Waals surface area (Å²) in [6.07, 6.45) is 5.38. The second-order valence-corrected chi connectivity index (χ2v) is 6.51. The van der Waals surface area contributed by atoms with Crippen LogP contribution in [-0.2, 0) is 19.9 Å². The molecule has 5 N–H and O–H groups in total. The zero-order valence-electron chi connectivity index (χ0n) is 15.0. The van der Waals surface area contributed by atoms with Crippen LogP contribution in [0.25, 0.3) is 0 Å². The summed E-state index contributed by atoms with van der Waals surface area (Å²) in [7, 11) is 0. The average molecular weight is 372 g/mol. The van der Waals surface area contributed by atoms with E-state index in [1.54, 1.807) is 24.3 Å². The van der Waals surface area contributed by atoms with Crippen LogP contribution >= 0.6 is 0 Å². The van der Waals surface area contributed by atoms with Gasteiger partial charge in [0.1, 0.15) is 5.54 Å². The van der Waals surface area contributed by atoms with Gasteiger partial charge in [0, 0.05) is 0 Å². The van der Waals surface area contributed by atoms with Crippen LogP contribution in [0, 0.1) is 0 Å². The Balaban J connectivity index is 2.76. The van der Waals surface area contributed by atoms with Crippen LogP contribution < -0.4 is 11.6 Å². The van der Waals surface area contributed by atoms with Crippen molar-refractivity contribution in [1.82, 2.24) is 4.90 Å². The number of ketones is 1. The second kappa shape index (κ2) is 8.24. The average Bonchev–Trinajstić information content (AvgIpc) is 2.70. The van der Waals surface area contributed by atoms with E-state index in [2.05, 4.69) is 11.7 Å². The molecule has 1 aromatic carbocycles. The molecule has 2 unspecified atom stereocenters. The van der Waals surface area contributed by atoms with Gasteiger partial charge >= 0.3 is 5.97 Å². The van der Waals surface area contributed by atoms with Gasteiger partial charge in [-0.25, -0.2) is 4.79 Å². The number of likely N-dealkylation sites (tertiary alicyclic amines) is 1. The molecular formula is C19H24N4O4. The summed E-state index contributed by atoms with van der Waals surface area (Å²) in [5.41, 5.74) is 3.25. The minimum absolute atomic E-state index is 0.0359. The maximum Gasteiger partial charge on any atom is 0.334 e. The zero-order chi connectivity index (χ0) is 20.1. The molecule has 0 amide bonds. The number of piperidine rings is 1. The van der Waals surface area contributed by atoms with E-state index in [1.807, 2.05) is 4.90 Å². The fourth-order valence-corrected chi connectivity index (χ4v) is 3.77. The largest absolute Gasteiger partial charge is 0.479 e. The molecule has 2 rings (SSSR count). The first-order valence-electron chi connectivity index (χ1n) is 8.62. The number of carbonyl (C=O) groups excluding carboxylic acids is 2. The molecule has 2 atom stereocenters. The quantitative estimate of drug-likeness (QED) is 0.114. The molecule has 1 aliphatic rings. The topological polar surface area (TPSA) is 139 Å². The van der Waals surface area contributed by atoms with Gasteiger partial charge in [0.15, 0.2) is 6.29 Å². The molecule has 0 aliphatic carbocycles. The Labute approximate surface area is 157 Å². The van der Waals surface area contributed by atoms with Crippen LogP contribution in [0.2, 0.25) is 0 Å². The van der Waals surface area contributed by atoms with Crippen molar-refractivity contribution in [2.24, 2.45) is 16.7 Å². The molecule has 1 aliphatic heterocycles. The van der Waals surface area contributed by atoms with Crippen molar-refractivity contribution in [3.8, 4) is 0 Å². The third kappa shape index (κ3) is 3.29. The Morgan fingerprint density at radius 1 is 1.19 bits per heavy atom. The van der Waals surface area contributed by atoms with E-state index >= 15 is 0 Å². The summed E-state index contributed by atoms with van der Waals surface area (Å²) in [6, 6.07) is 6.66. The van der Waals surface area contributed by atoms with Gasteiger partial charge in [-0.05, 0) is 37.1 Å². The Morgan fingerprint density at radius 2 is 1.78 bits per heavy atom. The number of aliphatic carboxylic acids is 1. The van der Waals surface area contributed by atoms with E-state index in [4.69, 9.17) is 11.6 Å². The maximum absolute atomic E-state index is 12.5. The van der Waals surface area contributed by atoms with Crippen molar-refractivity contribution >= 4 is 24.3 Å². The Morgan fingerprint density at radius 3 is 2.22 bits per heavy atom. The number of rotatable bonds is 8. The fraction of sp³-hybridized carbons (Fsp3) is 0.368. The monoisotopic (exact) mass is 372 g/mol. The highest BCUT2D eigenvalue weighted by atomic mass is 16.4. The Kier molecular flexibility index (Phi) is 6.24. The van der Waals surface area contributed by atoms with Gasteiger partial charge in [-0.1, -0.05) is 36.8 Å². The summed E-state index contributed by atoms with van der Waals surface area (Å²) in [5.74, 6) is 2.36. The second-order valence-electron chi connectivity index (χ2n) is 6.51. The number of carboxylic acids is 1. The van der Waals surface area contributed by atoms with E-state index in [1.165, 1.54) is 12.3 Å². The molecule has 0 bridgehead atoms. The summed E-state index contributed by atoms with van der Waals surface area (Å²) < 4.78 is 0. The van der Waals surface area contributed by atoms with E-state index < -0.39 is 22.8 Å². The zero-order valence-corrected chi connectivity index (χ0v) is 15.0. The highest BCUT2D eigenvalue weighted by Crippen LogP contribution is 2.41. The third-order valence-corrected chi connectivity index (χ3v) is 5.16. The third-order valence-electron chi connectivity index (χ3n) is 5.16. The number of carboxylic acid groups (broad SMARTS) is 1. The summed E-state index contributed by atoms with van der Waals surface area (Å²) in [4.78, 5) is 37.8. The van der Waals surface area contributed by atoms with Crippen LogP contribution in [0.1, 0.15) is 30.4 Å². The van der Waals surface area contributed by atoms with Crippen molar-refractivity contribution in [2.75, 3.05) is 13.1 Å². The number of Topliss-reactive ketones (excluding diaryl/α,β-unsaturated/α-hetero) is 1. The van der Waals surface area contributed by atoms with Crippen molar-refractivity contribution in [1.29, 1.82) is 0 Å². The predicted octanol–water partition coefficient (Wildman–Crippen LogP) is 0.397. The molecule has 1 heterocycles. The Hall–Kier alpha value is -2.84. The molecule has 0 radical (unpaired) electrons. The van der Waals surface area contributed by atoms with Gasteiger partial charge in [0.25, 0.3) is 0 Å². The molecule has 27 heavy (non-hydrogen) atoms. The minimum Gasteiger partial charge on any atom is -0.479 e. The number of nitrogens with two attached hydrogens (primary N) is 2. The molecule has 1 fully saturated rings. The number of benzene rings is 1. The van der Waals surface area contributed by atoms with Crippen LogP contribution in [0.15, 0.2) is 42.0 Å². The number of nitrogens with zero attached hydrogens (tertiary/aromatic N) is 2.